The first-order chi connectivity index (χ1) is 19.2. The molecular weight excluding hydrogens is 604 g/mol. The first-order valence-corrected chi connectivity index (χ1v) is 16.1. The number of esters is 1. The Morgan fingerprint density at radius 3 is 2.21 bits per heavy atom. The zero-order chi connectivity index (χ0) is 31.3. The molecule has 1 saturated carbocycles. The number of hydrogen-bond acceptors (Lipinski definition) is 7. The van der Waals surface area contributed by atoms with Gasteiger partial charge in [-0.2, -0.15) is 13.2 Å². The van der Waals surface area contributed by atoms with Crippen molar-refractivity contribution in [1.82, 2.24) is 4.72 Å². The number of carbonyl (C=O) groups excluding carboxylic acids is 1. The van der Waals surface area contributed by atoms with Gasteiger partial charge in [0.2, 0.25) is 15.6 Å². The number of nitrogens with one attached hydrogen (secondary N) is 1. The predicted molar refractivity (Wildman–Crippen MR) is 145 cm³/mol. The van der Waals surface area contributed by atoms with Crippen LogP contribution in [0.4, 0.5) is 23.2 Å². The number of alkyl halides is 3. The molecule has 1 fully saturated rings. The summed E-state index contributed by atoms with van der Waals surface area (Å²) in [5.74, 6) is -1.74. The van der Waals surface area contributed by atoms with E-state index in [4.69, 9.17) is 4.74 Å². The molecule has 0 amide bonds. The number of rotatable bonds is 10. The zero-order valence-corrected chi connectivity index (χ0v) is 25.0. The second-order valence-corrected chi connectivity index (χ2v) is 15.4. The SMILES string of the molecule is CC(C)(C[C@H]1CN(S(=O)(=O)c2ccc(F)cc2)c2cc(CC(=O)OC(C)(C)C(F)(F)F)ccc2O1)NS(=O)(=O)C1CC1. The number of hydrogen-bond donors (Lipinski definition) is 1. The van der Waals surface area contributed by atoms with E-state index < -0.39 is 66.9 Å². The van der Waals surface area contributed by atoms with Gasteiger partial charge in [-0.3, -0.25) is 9.10 Å². The topological polar surface area (TPSA) is 119 Å². The fourth-order valence-corrected chi connectivity index (χ4v) is 7.81. The molecule has 0 radical (unpaired) electrons. The predicted octanol–water partition coefficient (Wildman–Crippen LogP) is 4.46. The van der Waals surface area contributed by atoms with Crippen molar-refractivity contribution < 1.29 is 48.7 Å². The summed E-state index contributed by atoms with van der Waals surface area (Å²) in [5.41, 5.74) is -3.58. The Hall–Kier alpha value is -2.91. The van der Waals surface area contributed by atoms with Crippen LogP contribution in [0.15, 0.2) is 47.4 Å². The Bertz CT molecular complexity index is 1550. The smallest absolute Gasteiger partial charge is 0.427 e. The summed E-state index contributed by atoms with van der Waals surface area (Å²) in [6.07, 6.45) is -5.02. The Morgan fingerprint density at radius 1 is 1.02 bits per heavy atom. The summed E-state index contributed by atoms with van der Waals surface area (Å²) in [6, 6.07) is 8.22. The van der Waals surface area contributed by atoms with Crippen LogP contribution in [0.2, 0.25) is 0 Å². The lowest BCUT2D eigenvalue weighted by molar-refractivity contribution is -0.257. The van der Waals surface area contributed by atoms with Crippen LogP contribution in [-0.2, 0) is 36.0 Å². The number of ether oxygens (including phenoxy) is 2. The molecular formula is C27H32F4N2O7S2. The lowest BCUT2D eigenvalue weighted by Gasteiger charge is -2.39. The molecule has 15 heteroatoms. The van der Waals surface area contributed by atoms with E-state index in [0.717, 1.165) is 42.4 Å². The highest BCUT2D eigenvalue weighted by molar-refractivity contribution is 7.92. The highest BCUT2D eigenvalue weighted by Gasteiger charge is 2.51. The van der Waals surface area contributed by atoms with Crippen molar-refractivity contribution in [1.29, 1.82) is 0 Å². The number of fused-ring (bicyclic) bond motifs is 1. The van der Waals surface area contributed by atoms with Gasteiger partial charge in [0, 0.05) is 12.0 Å². The van der Waals surface area contributed by atoms with Crippen LogP contribution in [0.5, 0.6) is 5.75 Å². The fraction of sp³-hybridized carbons (Fsp3) is 0.519. The average molecular weight is 637 g/mol. The van der Waals surface area contributed by atoms with Crippen molar-refractivity contribution in [3.63, 3.8) is 0 Å². The van der Waals surface area contributed by atoms with Gasteiger partial charge in [0.25, 0.3) is 10.0 Å². The second-order valence-electron chi connectivity index (χ2n) is 11.6. The summed E-state index contributed by atoms with van der Waals surface area (Å²) in [6.45, 7) is 4.48. The van der Waals surface area contributed by atoms with Gasteiger partial charge in [-0.05, 0) is 82.5 Å². The molecule has 2 aromatic carbocycles. The first-order valence-electron chi connectivity index (χ1n) is 13.1. The van der Waals surface area contributed by atoms with Crippen LogP contribution in [0.3, 0.4) is 0 Å². The molecule has 4 rings (SSSR count). The highest BCUT2D eigenvalue weighted by Crippen LogP contribution is 2.40. The first kappa shape index (κ1) is 32.0. The number of carbonyl (C=O) groups is 1. The molecule has 1 heterocycles. The number of halogens is 4. The molecule has 0 unspecified atom stereocenters. The van der Waals surface area contributed by atoms with Crippen molar-refractivity contribution in [3.8, 4) is 5.75 Å². The van der Waals surface area contributed by atoms with Gasteiger partial charge in [0.05, 0.1) is 28.8 Å². The van der Waals surface area contributed by atoms with E-state index in [1.165, 1.54) is 18.2 Å². The van der Waals surface area contributed by atoms with Gasteiger partial charge < -0.3 is 9.47 Å². The van der Waals surface area contributed by atoms with Crippen LogP contribution in [0, 0.1) is 5.82 Å². The molecule has 9 nitrogen and oxygen atoms in total. The van der Waals surface area contributed by atoms with Gasteiger partial charge in [-0.25, -0.2) is 25.9 Å². The Kier molecular flexibility index (Phi) is 8.37. The van der Waals surface area contributed by atoms with E-state index >= 15 is 0 Å². The number of nitrogens with zero attached hydrogens (tertiary/aromatic N) is 1. The average Bonchev–Trinajstić information content (AvgIpc) is 3.68. The van der Waals surface area contributed by atoms with Crippen LogP contribution < -0.4 is 13.8 Å². The van der Waals surface area contributed by atoms with Crippen molar-refractivity contribution >= 4 is 31.7 Å². The van der Waals surface area contributed by atoms with Gasteiger partial charge in [-0.15, -0.1) is 0 Å². The lowest BCUT2D eigenvalue weighted by atomic mass is 9.97. The van der Waals surface area contributed by atoms with Crippen molar-refractivity contribution in [3.05, 3.63) is 53.8 Å². The van der Waals surface area contributed by atoms with E-state index in [9.17, 15) is 39.2 Å². The summed E-state index contributed by atoms with van der Waals surface area (Å²) in [5, 5.41) is -0.466. The minimum Gasteiger partial charge on any atom is -0.486 e. The molecule has 2 aromatic rings. The van der Waals surface area contributed by atoms with Crippen LogP contribution in [-0.4, -0.2) is 58.0 Å². The molecule has 0 spiro atoms. The molecule has 1 N–H and O–H groups in total. The largest absolute Gasteiger partial charge is 0.486 e. The number of sulfonamides is 2. The van der Waals surface area contributed by atoms with E-state index in [2.05, 4.69) is 9.46 Å². The van der Waals surface area contributed by atoms with Crippen molar-refractivity contribution in [2.45, 2.75) is 86.9 Å². The standard InChI is InChI=1S/C27H32F4N2O7S2/c1-25(2,32-41(35,36)20-10-11-20)15-19-16-33(42(37,38)21-8-6-18(28)7-9-21)22-13-17(5-12-23(22)39-19)14-24(34)40-26(3,4)27(29,30)31/h5-9,12-13,19-20,32H,10-11,14-16H2,1-4H3/t19-/m0/s1. The maximum absolute atomic E-state index is 13.8. The Labute approximate surface area is 242 Å². The van der Waals surface area contributed by atoms with Gasteiger partial charge in [0.15, 0.2) is 0 Å². The minimum atomic E-state index is -4.80. The molecule has 232 valence electrons. The summed E-state index contributed by atoms with van der Waals surface area (Å²) in [7, 11) is -7.90. The zero-order valence-electron chi connectivity index (χ0n) is 23.4. The highest BCUT2D eigenvalue weighted by atomic mass is 32.2. The molecule has 1 aliphatic carbocycles. The normalized spacial score (nSPS) is 18.3. The molecule has 1 aliphatic heterocycles. The summed E-state index contributed by atoms with van der Waals surface area (Å²) in [4.78, 5) is 12.1. The second kappa shape index (κ2) is 11.0. The quantitative estimate of drug-likeness (QED) is 0.302. The third-order valence-electron chi connectivity index (χ3n) is 6.88. The number of anilines is 1. The molecule has 0 aromatic heterocycles. The lowest BCUT2D eigenvalue weighted by Crippen LogP contribution is -2.51. The van der Waals surface area contributed by atoms with E-state index in [1.807, 2.05) is 0 Å². The van der Waals surface area contributed by atoms with Crippen LogP contribution in [0.25, 0.3) is 0 Å². The summed E-state index contributed by atoms with van der Waals surface area (Å²) >= 11 is 0. The van der Waals surface area contributed by atoms with Crippen molar-refractivity contribution in [2.24, 2.45) is 0 Å². The van der Waals surface area contributed by atoms with E-state index in [1.54, 1.807) is 13.8 Å². The van der Waals surface area contributed by atoms with E-state index in [0.29, 0.717) is 12.8 Å². The molecule has 2 aliphatic rings. The summed E-state index contributed by atoms with van der Waals surface area (Å²) < 4.78 is 120. The monoisotopic (exact) mass is 636 g/mol. The third-order valence-corrected chi connectivity index (χ3v) is 10.9. The Balaban J connectivity index is 1.65. The minimum absolute atomic E-state index is 0.00678. The molecule has 0 saturated heterocycles. The maximum atomic E-state index is 13.8. The maximum Gasteiger partial charge on any atom is 0.427 e. The van der Waals surface area contributed by atoms with Gasteiger partial charge in [0.1, 0.15) is 17.7 Å². The van der Waals surface area contributed by atoms with Crippen LogP contribution >= 0.6 is 0 Å². The molecule has 42 heavy (non-hydrogen) atoms. The number of benzene rings is 2. The van der Waals surface area contributed by atoms with Crippen LogP contribution in [0.1, 0.15) is 52.5 Å². The molecule has 0 bridgehead atoms. The Morgan fingerprint density at radius 2 is 1.64 bits per heavy atom. The van der Waals surface area contributed by atoms with Gasteiger partial charge in [-0.1, -0.05) is 6.07 Å². The molecule has 1 atom stereocenters. The van der Waals surface area contributed by atoms with E-state index in [-0.39, 0.29) is 34.9 Å². The van der Waals surface area contributed by atoms with Crippen molar-refractivity contribution in [2.75, 3.05) is 10.8 Å². The fourth-order valence-electron chi connectivity index (χ4n) is 4.54. The third kappa shape index (κ3) is 7.17. The van der Waals surface area contributed by atoms with Gasteiger partial charge >= 0.3 is 12.1 Å².